The third kappa shape index (κ3) is 2.50. The Balaban J connectivity index is 1.79. The summed E-state index contributed by atoms with van der Waals surface area (Å²) in [6, 6.07) is 11.6. The Labute approximate surface area is 118 Å². The number of nitrogen functional groups attached to an aromatic ring is 1. The van der Waals surface area contributed by atoms with Gasteiger partial charge in [0, 0.05) is 17.3 Å². The lowest BCUT2D eigenvalue weighted by molar-refractivity contribution is 0.171. The third-order valence-corrected chi connectivity index (χ3v) is 3.28. The molecule has 2 aromatic rings. The molecule has 20 heavy (non-hydrogen) atoms. The molecule has 2 aromatic carbocycles. The van der Waals surface area contributed by atoms with Crippen LogP contribution < -0.4 is 19.9 Å². The van der Waals surface area contributed by atoms with Gasteiger partial charge in [-0.05, 0) is 24.6 Å². The molecule has 0 fully saturated rings. The Morgan fingerprint density at radius 1 is 1.10 bits per heavy atom. The topological polar surface area (TPSA) is 53.7 Å². The van der Waals surface area contributed by atoms with Crippen molar-refractivity contribution in [2.75, 3.05) is 18.9 Å². The summed E-state index contributed by atoms with van der Waals surface area (Å²) >= 11 is 0. The maximum absolute atomic E-state index is 6.03. The van der Waals surface area contributed by atoms with Gasteiger partial charge in [0.1, 0.15) is 25.6 Å². The van der Waals surface area contributed by atoms with Crippen molar-refractivity contribution >= 4 is 5.69 Å². The second-order valence-electron chi connectivity index (χ2n) is 4.75. The fourth-order valence-electron chi connectivity index (χ4n) is 2.15. The maximum atomic E-state index is 6.03. The summed E-state index contributed by atoms with van der Waals surface area (Å²) in [6.45, 7) is 3.55. The Bertz CT molecular complexity index is 625. The van der Waals surface area contributed by atoms with Gasteiger partial charge in [-0.25, -0.2) is 0 Å². The molecule has 0 unspecified atom stereocenters. The highest BCUT2D eigenvalue weighted by Gasteiger charge is 2.15. The molecule has 104 valence electrons. The van der Waals surface area contributed by atoms with Gasteiger partial charge in [0.15, 0.2) is 11.5 Å². The summed E-state index contributed by atoms with van der Waals surface area (Å²) < 4.78 is 16.9. The zero-order chi connectivity index (χ0) is 13.9. The summed E-state index contributed by atoms with van der Waals surface area (Å²) in [7, 11) is 0. The van der Waals surface area contributed by atoms with E-state index in [4.69, 9.17) is 19.9 Å². The largest absolute Gasteiger partial charge is 0.489 e. The van der Waals surface area contributed by atoms with E-state index in [1.807, 2.05) is 37.3 Å². The Morgan fingerprint density at radius 3 is 2.55 bits per heavy atom. The highest BCUT2D eigenvalue weighted by atomic mass is 16.6. The molecule has 3 rings (SSSR count). The van der Waals surface area contributed by atoms with Crippen molar-refractivity contribution < 1.29 is 14.2 Å². The highest BCUT2D eigenvalue weighted by Crippen LogP contribution is 2.34. The van der Waals surface area contributed by atoms with Gasteiger partial charge in [0.05, 0.1) is 0 Å². The van der Waals surface area contributed by atoms with E-state index in [-0.39, 0.29) is 0 Å². The van der Waals surface area contributed by atoms with Gasteiger partial charge < -0.3 is 19.9 Å². The molecule has 0 amide bonds. The average molecular weight is 271 g/mol. The lowest BCUT2D eigenvalue weighted by Gasteiger charge is -2.20. The number of ether oxygens (including phenoxy) is 3. The van der Waals surface area contributed by atoms with Crippen LogP contribution in [0.2, 0.25) is 0 Å². The molecule has 0 saturated carbocycles. The standard InChI is InChI=1S/C16H17NO3/c1-11-4-2-3-5-14(11)20-10-12-8-15-16(9-13(12)17)19-7-6-18-15/h2-5,8-9H,6-7,10,17H2,1H3. The number of fused-ring (bicyclic) bond motifs is 1. The summed E-state index contributed by atoms with van der Waals surface area (Å²) in [5.41, 5.74) is 8.69. The molecule has 4 heteroatoms. The van der Waals surface area contributed by atoms with Crippen molar-refractivity contribution in [3.05, 3.63) is 47.5 Å². The van der Waals surface area contributed by atoms with Gasteiger partial charge in [-0.15, -0.1) is 0 Å². The number of benzene rings is 2. The van der Waals surface area contributed by atoms with Crippen molar-refractivity contribution in [1.82, 2.24) is 0 Å². The summed E-state index contributed by atoms with van der Waals surface area (Å²) in [4.78, 5) is 0. The smallest absolute Gasteiger partial charge is 0.163 e. The molecule has 1 aliphatic heterocycles. The van der Waals surface area contributed by atoms with Crippen LogP contribution in [0.4, 0.5) is 5.69 Å². The molecule has 0 spiro atoms. The second kappa shape index (κ2) is 5.33. The van der Waals surface area contributed by atoms with E-state index in [2.05, 4.69) is 0 Å². The van der Waals surface area contributed by atoms with Crippen LogP contribution in [0.5, 0.6) is 17.2 Å². The predicted molar refractivity (Wildman–Crippen MR) is 77.4 cm³/mol. The number of hydrogen-bond donors (Lipinski definition) is 1. The van der Waals surface area contributed by atoms with E-state index in [9.17, 15) is 0 Å². The Hall–Kier alpha value is -2.36. The molecule has 0 radical (unpaired) electrons. The van der Waals surface area contributed by atoms with Gasteiger partial charge in [-0.2, -0.15) is 0 Å². The third-order valence-electron chi connectivity index (χ3n) is 3.28. The van der Waals surface area contributed by atoms with Crippen LogP contribution in [0, 0.1) is 6.92 Å². The SMILES string of the molecule is Cc1ccccc1OCc1cc2c(cc1N)OCCO2. The number of rotatable bonds is 3. The number of hydrogen-bond acceptors (Lipinski definition) is 4. The molecule has 4 nitrogen and oxygen atoms in total. The monoisotopic (exact) mass is 271 g/mol. The maximum Gasteiger partial charge on any atom is 0.163 e. The van der Waals surface area contributed by atoms with Gasteiger partial charge >= 0.3 is 0 Å². The molecule has 0 bridgehead atoms. The van der Waals surface area contributed by atoms with Gasteiger partial charge in [0.25, 0.3) is 0 Å². The van der Waals surface area contributed by atoms with E-state index >= 15 is 0 Å². The first kappa shape index (κ1) is 12.7. The van der Waals surface area contributed by atoms with Crippen LogP contribution in [0.1, 0.15) is 11.1 Å². The van der Waals surface area contributed by atoms with Gasteiger partial charge in [-0.3, -0.25) is 0 Å². The second-order valence-corrected chi connectivity index (χ2v) is 4.75. The minimum atomic E-state index is 0.410. The molecule has 0 saturated heterocycles. The van der Waals surface area contributed by atoms with Crippen molar-refractivity contribution in [3.63, 3.8) is 0 Å². The molecular weight excluding hydrogens is 254 g/mol. The predicted octanol–water partition coefficient (Wildman–Crippen LogP) is 2.93. The first-order valence-electron chi connectivity index (χ1n) is 6.60. The zero-order valence-electron chi connectivity index (χ0n) is 11.4. The first-order valence-corrected chi connectivity index (χ1v) is 6.60. The van der Waals surface area contributed by atoms with Crippen LogP contribution in [0.3, 0.4) is 0 Å². The number of anilines is 1. The molecule has 0 atom stereocenters. The van der Waals surface area contributed by atoms with Crippen LogP contribution in [-0.2, 0) is 6.61 Å². The lowest BCUT2D eigenvalue weighted by atomic mass is 10.1. The number of nitrogens with two attached hydrogens (primary N) is 1. The van der Waals surface area contributed by atoms with E-state index in [0.29, 0.717) is 31.3 Å². The molecule has 2 N–H and O–H groups in total. The zero-order valence-corrected chi connectivity index (χ0v) is 11.4. The molecule has 1 heterocycles. The van der Waals surface area contributed by atoms with E-state index < -0.39 is 0 Å². The van der Waals surface area contributed by atoms with Crippen molar-refractivity contribution in [1.29, 1.82) is 0 Å². The summed E-state index contributed by atoms with van der Waals surface area (Å²) in [5.74, 6) is 2.30. The first-order chi connectivity index (χ1) is 9.74. The average Bonchev–Trinajstić information content (AvgIpc) is 2.46. The Morgan fingerprint density at radius 2 is 1.80 bits per heavy atom. The van der Waals surface area contributed by atoms with Crippen LogP contribution in [0.15, 0.2) is 36.4 Å². The quantitative estimate of drug-likeness (QED) is 0.872. The van der Waals surface area contributed by atoms with Crippen LogP contribution in [0.25, 0.3) is 0 Å². The fraction of sp³-hybridized carbons (Fsp3) is 0.250. The molecular formula is C16H17NO3. The number of para-hydroxylation sites is 1. The number of aryl methyl sites for hydroxylation is 1. The van der Waals surface area contributed by atoms with Crippen molar-refractivity contribution in [2.45, 2.75) is 13.5 Å². The molecule has 0 aromatic heterocycles. The fourth-order valence-corrected chi connectivity index (χ4v) is 2.15. The van der Waals surface area contributed by atoms with E-state index in [1.165, 1.54) is 0 Å². The molecule has 0 aliphatic carbocycles. The molecule has 1 aliphatic rings. The minimum Gasteiger partial charge on any atom is -0.489 e. The van der Waals surface area contributed by atoms with Crippen molar-refractivity contribution in [2.24, 2.45) is 0 Å². The Kier molecular flexibility index (Phi) is 3.37. The highest BCUT2D eigenvalue weighted by molar-refractivity contribution is 5.58. The van der Waals surface area contributed by atoms with Crippen LogP contribution in [-0.4, -0.2) is 13.2 Å². The minimum absolute atomic E-state index is 0.410. The lowest BCUT2D eigenvalue weighted by Crippen LogP contribution is -2.16. The summed E-state index contributed by atoms with van der Waals surface area (Å²) in [6.07, 6.45) is 0. The van der Waals surface area contributed by atoms with Crippen LogP contribution >= 0.6 is 0 Å². The van der Waals surface area contributed by atoms with E-state index in [0.717, 1.165) is 22.6 Å². The normalized spacial score (nSPS) is 13.1. The van der Waals surface area contributed by atoms with Gasteiger partial charge in [0.2, 0.25) is 0 Å². The summed E-state index contributed by atoms with van der Waals surface area (Å²) in [5, 5.41) is 0. The van der Waals surface area contributed by atoms with Crippen molar-refractivity contribution in [3.8, 4) is 17.2 Å². The van der Waals surface area contributed by atoms with Gasteiger partial charge in [-0.1, -0.05) is 18.2 Å². The van der Waals surface area contributed by atoms with E-state index in [1.54, 1.807) is 6.07 Å².